The summed E-state index contributed by atoms with van der Waals surface area (Å²) in [5.74, 6) is 1.47. The molecule has 2 rings (SSSR count). The van der Waals surface area contributed by atoms with E-state index in [0.717, 1.165) is 23.3 Å². The highest BCUT2D eigenvalue weighted by Crippen LogP contribution is 2.22. The van der Waals surface area contributed by atoms with Gasteiger partial charge in [0.15, 0.2) is 0 Å². The number of rotatable bonds is 6. The predicted octanol–water partition coefficient (Wildman–Crippen LogP) is 4.87. The molecule has 2 aromatic carbocycles. The first kappa shape index (κ1) is 16.1. The summed E-state index contributed by atoms with van der Waals surface area (Å²) in [6.45, 7) is 6.10. The first-order valence-corrected chi connectivity index (χ1v) is 8.01. The average molecular weight is 348 g/mol. The van der Waals surface area contributed by atoms with Crippen LogP contribution in [0.3, 0.4) is 0 Å². The molecule has 0 aromatic heterocycles. The van der Waals surface area contributed by atoms with E-state index in [2.05, 4.69) is 65.4 Å². The molecule has 3 heteroatoms. The molecule has 0 aliphatic rings. The molecule has 21 heavy (non-hydrogen) atoms. The second-order valence-corrected chi connectivity index (χ2v) is 6.31. The lowest BCUT2D eigenvalue weighted by Gasteiger charge is -2.10. The van der Waals surface area contributed by atoms with Gasteiger partial charge in [0.2, 0.25) is 0 Å². The van der Waals surface area contributed by atoms with Crippen LogP contribution in [0, 0.1) is 0 Å². The van der Waals surface area contributed by atoms with Gasteiger partial charge in [-0.1, -0.05) is 54.0 Å². The van der Waals surface area contributed by atoms with Crippen LogP contribution in [0.5, 0.6) is 5.75 Å². The topological polar surface area (TPSA) is 21.3 Å². The Hall–Kier alpha value is -1.32. The van der Waals surface area contributed by atoms with Crippen LogP contribution in [-0.4, -0.2) is 7.11 Å². The van der Waals surface area contributed by atoms with Crippen LogP contribution in [-0.2, 0) is 13.1 Å². The fourth-order valence-electron chi connectivity index (χ4n) is 2.18. The maximum Gasteiger partial charge on any atom is 0.119 e. The first-order chi connectivity index (χ1) is 10.1. The summed E-state index contributed by atoms with van der Waals surface area (Å²) in [5, 5.41) is 3.47. The van der Waals surface area contributed by atoms with Gasteiger partial charge in [-0.15, -0.1) is 0 Å². The van der Waals surface area contributed by atoms with Crippen LogP contribution >= 0.6 is 15.9 Å². The van der Waals surface area contributed by atoms with Crippen molar-refractivity contribution >= 4 is 15.9 Å². The van der Waals surface area contributed by atoms with Gasteiger partial charge in [-0.05, 0) is 40.8 Å². The Balaban J connectivity index is 1.92. The van der Waals surface area contributed by atoms with Crippen LogP contribution in [0.4, 0.5) is 0 Å². The molecular formula is C18H22BrNO. The van der Waals surface area contributed by atoms with Crippen molar-refractivity contribution in [2.45, 2.75) is 32.9 Å². The van der Waals surface area contributed by atoms with Gasteiger partial charge in [0.25, 0.3) is 0 Å². The number of ether oxygens (including phenoxy) is 1. The van der Waals surface area contributed by atoms with Crippen LogP contribution < -0.4 is 10.1 Å². The van der Waals surface area contributed by atoms with Crippen molar-refractivity contribution in [1.82, 2.24) is 5.32 Å². The van der Waals surface area contributed by atoms with Crippen molar-refractivity contribution in [2.75, 3.05) is 7.11 Å². The van der Waals surface area contributed by atoms with Gasteiger partial charge in [0, 0.05) is 17.6 Å². The van der Waals surface area contributed by atoms with E-state index in [1.54, 1.807) is 7.11 Å². The van der Waals surface area contributed by atoms with Crippen LogP contribution in [0.2, 0.25) is 0 Å². The lowest BCUT2D eigenvalue weighted by molar-refractivity contribution is 0.414. The lowest BCUT2D eigenvalue weighted by atomic mass is 10.0. The van der Waals surface area contributed by atoms with Gasteiger partial charge in [-0.2, -0.15) is 0 Å². The molecule has 2 nitrogen and oxygen atoms in total. The Morgan fingerprint density at radius 1 is 1.05 bits per heavy atom. The van der Waals surface area contributed by atoms with Gasteiger partial charge >= 0.3 is 0 Å². The van der Waals surface area contributed by atoms with E-state index in [-0.39, 0.29) is 0 Å². The van der Waals surface area contributed by atoms with E-state index in [1.807, 2.05) is 12.1 Å². The molecule has 1 N–H and O–H groups in total. The van der Waals surface area contributed by atoms with E-state index in [0.29, 0.717) is 5.92 Å². The monoisotopic (exact) mass is 347 g/mol. The van der Waals surface area contributed by atoms with Gasteiger partial charge in [0.1, 0.15) is 5.75 Å². The van der Waals surface area contributed by atoms with Gasteiger partial charge in [0.05, 0.1) is 7.11 Å². The number of halogens is 1. The summed E-state index contributed by atoms with van der Waals surface area (Å²) in [5.41, 5.74) is 3.89. The van der Waals surface area contributed by atoms with Crippen LogP contribution in [0.15, 0.2) is 46.9 Å². The van der Waals surface area contributed by atoms with Crippen molar-refractivity contribution in [3.05, 3.63) is 63.6 Å². The van der Waals surface area contributed by atoms with Crippen LogP contribution in [0.1, 0.15) is 36.5 Å². The molecule has 0 saturated heterocycles. The molecule has 0 aliphatic carbocycles. The normalized spacial score (nSPS) is 10.9. The summed E-state index contributed by atoms with van der Waals surface area (Å²) in [7, 11) is 1.69. The summed E-state index contributed by atoms with van der Waals surface area (Å²) in [6.07, 6.45) is 0. The highest BCUT2D eigenvalue weighted by atomic mass is 79.9. The predicted molar refractivity (Wildman–Crippen MR) is 91.8 cm³/mol. The van der Waals surface area contributed by atoms with E-state index in [4.69, 9.17) is 4.74 Å². The number of hydrogen-bond acceptors (Lipinski definition) is 2. The lowest BCUT2D eigenvalue weighted by Crippen LogP contribution is -2.13. The summed E-state index contributed by atoms with van der Waals surface area (Å²) < 4.78 is 6.36. The third-order valence-electron chi connectivity index (χ3n) is 3.54. The van der Waals surface area contributed by atoms with Crippen molar-refractivity contribution in [3.63, 3.8) is 0 Å². The Morgan fingerprint density at radius 3 is 2.38 bits per heavy atom. The van der Waals surface area contributed by atoms with Crippen molar-refractivity contribution < 1.29 is 4.74 Å². The highest BCUT2D eigenvalue weighted by Gasteiger charge is 2.03. The number of nitrogens with one attached hydrogen (secondary N) is 1. The molecule has 112 valence electrons. The Morgan fingerprint density at radius 2 is 1.76 bits per heavy atom. The highest BCUT2D eigenvalue weighted by molar-refractivity contribution is 9.10. The number of benzene rings is 2. The quantitative estimate of drug-likeness (QED) is 0.804. The number of methoxy groups -OCH3 is 1. The largest absolute Gasteiger partial charge is 0.497 e. The van der Waals surface area contributed by atoms with Gasteiger partial charge in [-0.3, -0.25) is 0 Å². The van der Waals surface area contributed by atoms with E-state index in [9.17, 15) is 0 Å². The maximum atomic E-state index is 5.26. The molecule has 0 saturated carbocycles. The fraction of sp³-hybridized carbons (Fsp3) is 0.333. The van der Waals surface area contributed by atoms with Crippen molar-refractivity contribution in [2.24, 2.45) is 0 Å². The minimum atomic E-state index is 0.583. The number of hydrogen-bond donors (Lipinski definition) is 1. The molecule has 0 fully saturated rings. The van der Waals surface area contributed by atoms with Gasteiger partial charge in [-0.25, -0.2) is 0 Å². The summed E-state index contributed by atoms with van der Waals surface area (Å²) in [6, 6.07) is 14.8. The van der Waals surface area contributed by atoms with Crippen LogP contribution in [0.25, 0.3) is 0 Å². The molecule has 0 bridgehead atoms. The molecule has 0 radical (unpaired) electrons. The third-order valence-corrected chi connectivity index (χ3v) is 4.32. The zero-order valence-corrected chi connectivity index (χ0v) is 14.4. The molecule has 0 unspecified atom stereocenters. The summed E-state index contributed by atoms with van der Waals surface area (Å²) in [4.78, 5) is 0. The zero-order chi connectivity index (χ0) is 15.2. The maximum absolute atomic E-state index is 5.26. The molecule has 2 aromatic rings. The molecule has 0 atom stereocenters. The van der Waals surface area contributed by atoms with Crippen molar-refractivity contribution in [3.8, 4) is 5.75 Å². The molecule has 0 heterocycles. The third kappa shape index (κ3) is 4.58. The second kappa shape index (κ2) is 7.62. The van der Waals surface area contributed by atoms with Crippen molar-refractivity contribution in [1.29, 1.82) is 0 Å². The Kier molecular flexibility index (Phi) is 5.83. The fourth-order valence-corrected chi connectivity index (χ4v) is 2.56. The molecule has 0 spiro atoms. The summed E-state index contributed by atoms with van der Waals surface area (Å²) >= 11 is 3.58. The van der Waals surface area contributed by atoms with E-state index < -0.39 is 0 Å². The smallest absolute Gasteiger partial charge is 0.119 e. The minimum Gasteiger partial charge on any atom is -0.497 e. The van der Waals surface area contributed by atoms with E-state index in [1.165, 1.54) is 16.7 Å². The minimum absolute atomic E-state index is 0.583. The SMILES string of the molecule is COc1ccc(Br)c(CNCc2ccc(C(C)C)cc2)c1. The molecular weight excluding hydrogens is 326 g/mol. The first-order valence-electron chi connectivity index (χ1n) is 7.22. The molecule has 0 aliphatic heterocycles. The zero-order valence-electron chi connectivity index (χ0n) is 12.8. The molecule has 0 amide bonds. The Labute approximate surface area is 135 Å². The second-order valence-electron chi connectivity index (χ2n) is 5.46. The average Bonchev–Trinajstić information content (AvgIpc) is 2.49. The van der Waals surface area contributed by atoms with E-state index >= 15 is 0 Å². The Bertz CT molecular complexity index is 578. The standard InChI is InChI=1S/C18H22BrNO/c1-13(2)15-6-4-14(5-7-15)11-20-12-16-10-17(21-3)8-9-18(16)19/h4-10,13,20H,11-12H2,1-3H3. The van der Waals surface area contributed by atoms with Gasteiger partial charge < -0.3 is 10.1 Å².